The van der Waals surface area contributed by atoms with E-state index in [0.29, 0.717) is 11.5 Å². The van der Waals surface area contributed by atoms with E-state index in [1.807, 2.05) is 0 Å². The molecular weight excluding hydrogens is 240 g/mol. The summed E-state index contributed by atoms with van der Waals surface area (Å²) in [6.45, 7) is 7.13. The fourth-order valence-electron chi connectivity index (χ4n) is 1.79. The summed E-state index contributed by atoms with van der Waals surface area (Å²) in [7, 11) is 0. The highest BCUT2D eigenvalue weighted by atomic mass is 16.2. The van der Waals surface area contributed by atoms with Crippen LogP contribution in [-0.4, -0.2) is 28.7 Å². The molecule has 0 radical (unpaired) electrons. The molecule has 19 heavy (non-hydrogen) atoms. The van der Waals surface area contributed by atoms with Crippen molar-refractivity contribution in [2.24, 2.45) is 0 Å². The number of rotatable bonds is 8. The van der Waals surface area contributed by atoms with E-state index in [0.717, 1.165) is 32.2 Å². The Balaban J connectivity index is 2.56. The molecule has 1 heterocycles. The van der Waals surface area contributed by atoms with Gasteiger partial charge in [-0.05, 0) is 31.4 Å². The standard InChI is InChI=1S/C14H24N4O/c1-4-7-11(6-3)16-14(19)12-8-9-13(18-17-12)15-10-5-2/h8-9,11H,4-7,10H2,1-3H3,(H,15,18)(H,16,19). The number of hydrogen-bond donors (Lipinski definition) is 2. The molecule has 1 unspecified atom stereocenters. The van der Waals surface area contributed by atoms with Crippen LogP contribution in [0.15, 0.2) is 12.1 Å². The van der Waals surface area contributed by atoms with Crippen LogP contribution in [0.25, 0.3) is 0 Å². The molecule has 0 saturated heterocycles. The Labute approximate surface area is 115 Å². The van der Waals surface area contributed by atoms with E-state index >= 15 is 0 Å². The summed E-state index contributed by atoms with van der Waals surface area (Å²) in [5, 5.41) is 14.1. The third-order valence-electron chi connectivity index (χ3n) is 2.92. The van der Waals surface area contributed by atoms with Crippen molar-refractivity contribution in [3.05, 3.63) is 17.8 Å². The van der Waals surface area contributed by atoms with Crippen molar-refractivity contribution in [3.63, 3.8) is 0 Å². The van der Waals surface area contributed by atoms with Gasteiger partial charge in [-0.25, -0.2) is 0 Å². The van der Waals surface area contributed by atoms with E-state index in [1.165, 1.54) is 0 Å². The second kappa shape index (κ2) is 8.45. The Morgan fingerprint density at radius 2 is 2.00 bits per heavy atom. The molecule has 1 aromatic heterocycles. The summed E-state index contributed by atoms with van der Waals surface area (Å²) >= 11 is 0. The topological polar surface area (TPSA) is 66.9 Å². The molecule has 0 aliphatic carbocycles. The van der Waals surface area contributed by atoms with Gasteiger partial charge in [0.15, 0.2) is 5.69 Å². The molecule has 0 saturated carbocycles. The van der Waals surface area contributed by atoms with Crippen LogP contribution < -0.4 is 10.6 Å². The largest absolute Gasteiger partial charge is 0.369 e. The maximum Gasteiger partial charge on any atom is 0.272 e. The Morgan fingerprint density at radius 3 is 2.53 bits per heavy atom. The van der Waals surface area contributed by atoms with E-state index in [9.17, 15) is 4.79 Å². The quantitative estimate of drug-likeness (QED) is 0.757. The Kier molecular flexibility index (Phi) is 6.85. The van der Waals surface area contributed by atoms with Crippen molar-refractivity contribution in [2.75, 3.05) is 11.9 Å². The maximum atomic E-state index is 12.0. The Hall–Kier alpha value is -1.65. The van der Waals surface area contributed by atoms with Crippen LogP contribution in [0.5, 0.6) is 0 Å². The molecule has 2 N–H and O–H groups in total. The number of hydrogen-bond acceptors (Lipinski definition) is 4. The first-order chi connectivity index (χ1) is 9.21. The predicted molar refractivity (Wildman–Crippen MR) is 77.3 cm³/mol. The maximum absolute atomic E-state index is 12.0. The molecule has 1 amide bonds. The van der Waals surface area contributed by atoms with E-state index < -0.39 is 0 Å². The Morgan fingerprint density at radius 1 is 1.21 bits per heavy atom. The molecule has 1 atom stereocenters. The van der Waals surface area contributed by atoms with Gasteiger partial charge in [0, 0.05) is 12.6 Å². The number of carbonyl (C=O) groups is 1. The summed E-state index contributed by atoms with van der Waals surface area (Å²) in [6, 6.07) is 3.72. The van der Waals surface area contributed by atoms with Gasteiger partial charge in [-0.1, -0.05) is 27.2 Å². The highest BCUT2D eigenvalue weighted by molar-refractivity contribution is 5.92. The van der Waals surface area contributed by atoms with Crippen molar-refractivity contribution in [3.8, 4) is 0 Å². The smallest absolute Gasteiger partial charge is 0.272 e. The SMILES string of the molecule is CCCNc1ccc(C(=O)NC(CC)CCC)nn1. The zero-order valence-electron chi connectivity index (χ0n) is 12.1. The molecule has 1 aromatic rings. The molecule has 106 valence electrons. The average molecular weight is 264 g/mol. The first-order valence-corrected chi connectivity index (χ1v) is 7.09. The van der Waals surface area contributed by atoms with Crippen molar-refractivity contribution in [1.29, 1.82) is 0 Å². The number of nitrogens with one attached hydrogen (secondary N) is 2. The van der Waals surface area contributed by atoms with Crippen molar-refractivity contribution >= 4 is 11.7 Å². The number of carbonyl (C=O) groups excluding carboxylic acids is 1. The van der Waals surface area contributed by atoms with Gasteiger partial charge in [-0.2, -0.15) is 0 Å². The number of aromatic nitrogens is 2. The minimum absolute atomic E-state index is 0.144. The van der Waals surface area contributed by atoms with Crippen molar-refractivity contribution < 1.29 is 4.79 Å². The molecule has 5 heteroatoms. The summed E-state index contributed by atoms with van der Waals surface area (Å²) in [5.74, 6) is 0.564. The summed E-state index contributed by atoms with van der Waals surface area (Å²) < 4.78 is 0. The molecule has 0 spiro atoms. The summed E-state index contributed by atoms with van der Waals surface area (Å²) in [6.07, 6.45) is 4.01. The van der Waals surface area contributed by atoms with Crippen LogP contribution in [0.1, 0.15) is 56.9 Å². The monoisotopic (exact) mass is 264 g/mol. The first-order valence-electron chi connectivity index (χ1n) is 7.09. The second-order valence-electron chi connectivity index (χ2n) is 4.60. The zero-order valence-corrected chi connectivity index (χ0v) is 12.1. The van der Waals surface area contributed by atoms with Gasteiger partial charge in [0.1, 0.15) is 5.82 Å². The van der Waals surface area contributed by atoms with E-state index in [4.69, 9.17) is 0 Å². The zero-order chi connectivity index (χ0) is 14.1. The van der Waals surface area contributed by atoms with E-state index in [-0.39, 0.29) is 11.9 Å². The lowest BCUT2D eigenvalue weighted by atomic mass is 10.1. The number of amides is 1. The van der Waals surface area contributed by atoms with Crippen LogP contribution in [0, 0.1) is 0 Å². The predicted octanol–water partition coefficient (Wildman–Crippen LogP) is 2.61. The molecule has 1 rings (SSSR count). The molecule has 5 nitrogen and oxygen atoms in total. The van der Waals surface area contributed by atoms with Gasteiger partial charge in [0.2, 0.25) is 0 Å². The number of nitrogens with zero attached hydrogens (tertiary/aromatic N) is 2. The van der Waals surface area contributed by atoms with Gasteiger partial charge in [-0.3, -0.25) is 4.79 Å². The van der Waals surface area contributed by atoms with Gasteiger partial charge in [0.25, 0.3) is 5.91 Å². The fraction of sp³-hybridized carbons (Fsp3) is 0.643. The minimum Gasteiger partial charge on any atom is -0.369 e. The van der Waals surface area contributed by atoms with Crippen LogP contribution in [0.3, 0.4) is 0 Å². The number of anilines is 1. The van der Waals surface area contributed by atoms with E-state index in [1.54, 1.807) is 12.1 Å². The van der Waals surface area contributed by atoms with Crippen LogP contribution in [0.2, 0.25) is 0 Å². The lowest BCUT2D eigenvalue weighted by molar-refractivity contribution is 0.0927. The second-order valence-corrected chi connectivity index (χ2v) is 4.60. The highest BCUT2D eigenvalue weighted by Crippen LogP contribution is 2.05. The van der Waals surface area contributed by atoms with Crippen molar-refractivity contribution in [1.82, 2.24) is 15.5 Å². The fourth-order valence-corrected chi connectivity index (χ4v) is 1.79. The highest BCUT2D eigenvalue weighted by Gasteiger charge is 2.12. The van der Waals surface area contributed by atoms with Crippen LogP contribution >= 0.6 is 0 Å². The average Bonchev–Trinajstić information content (AvgIpc) is 2.45. The summed E-state index contributed by atoms with van der Waals surface area (Å²) in [4.78, 5) is 12.0. The molecule has 0 fully saturated rings. The molecule has 0 aliphatic heterocycles. The van der Waals surface area contributed by atoms with Crippen molar-refractivity contribution in [2.45, 2.75) is 52.5 Å². The lowest BCUT2D eigenvalue weighted by Gasteiger charge is -2.15. The molecule has 0 bridgehead atoms. The van der Waals surface area contributed by atoms with Crippen LogP contribution in [-0.2, 0) is 0 Å². The third kappa shape index (κ3) is 5.24. The van der Waals surface area contributed by atoms with Gasteiger partial charge >= 0.3 is 0 Å². The lowest BCUT2D eigenvalue weighted by Crippen LogP contribution is -2.34. The van der Waals surface area contributed by atoms with Gasteiger partial charge in [-0.15, -0.1) is 10.2 Å². The Bertz CT molecular complexity index is 378. The summed E-state index contributed by atoms with van der Waals surface area (Å²) in [5.41, 5.74) is 0.372. The molecular formula is C14H24N4O. The van der Waals surface area contributed by atoms with Gasteiger partial charge < -0.3 is 10.6 Å². The molecule has 0 aromatic carbocycles. The molecule has 0 aliphatic rings. The van der Waals surface area contributed by atoms with E-state index in [2.05, 4.69) is 41.6 Å². The third-order valence-corrected chi connectivity index (χ3v) is 2.92. The first kappa shape index (κ1) is 15.4. The van der Waals surface area contributed by atoms with Crippen LogP contribution in [0.4, 0.5) is 5.82 Å². The van der Waals surface area contributed by atoms with Gasteiger partial charge in [0.05, 0.1) is 0 Å². The normalized spacial score (nSPS) is 11.9. The minimum atomic E-state index is -0.144.